The number of piperazine rings is 1. The van der Waals surface area contributed by atoms with E-state index in [1.54, 1.807) is 7.05 Å². The highest BCUT2D eigenvalue weighted by Gasteiger charge is 2.29. The molecule has 0 aromatic rings. The van der Waals surface area contributed by atoms with Crippen molar-refractivity contribution in [3.8, 4) is 0 Å². The van der Waals surface area contributed by atoms with E-state index in [4.69, 9.17) is 0 Å². The van der Waals surface area contributed by atoms with Crippen molar-refractivity contribution in [1.82, 2.24) is 25.3 Å². The molecule has 0 radical (unpaired) electrons. The molecule has 2 rings (SSSR count). The number of guanidine groups is 1. The molecule has 160 valence electrons. The number of likely N-dealkylation sites (tertiary alicyclic amines) is 1. The van der Waals surface area contributed by atoms with Crippen molar-refractivity contribution in [1.29, 1.82) is 0 Å². The number of piperidine rings is 1. The molecule has 0 aromatic heterocycles. The average molecular weight is 395 g/mol. The summed E-state index contributed by atoms with van der Waals surface area (Å²) in [5.41, 5.74) is -0.505. The van der Waals surface area contributed by atoms with Gasteiger partial charge in [-0.25, -0.2) is 0 Å². The van der Waals surface area contributed by atoms with Crippen molar-refractivity contribution in [3.05, 3.63) is 0 Å². The van der Waals surface area contributed by atoms with Gasteiger partial charge in [-0.3, -0.25) is 19.5 Å². The number of aliphatic imine (C=N–C) groups is 1. The largest absolute Gasteiger partial charge is 0.356 e. The van der Waals surface area contributed by atoms with Crippen LogP contribution in [0.4, 0.5) is 0 Å². The Bertz CT molecular complexity index is 549. The molecule has 2 fully saturated rings. The Morgan fingerprint density at radius 1 is 0.929 bits per heavy atom. The fourth-order valence-corrected chi connectivity index (χ4v) is 3.66. The van der Waals surface area contributed by atoms with Crippen LogP contribution in [-0.2, 0) is 9.59 Å². The maximum absolute atomic E-state index is 12.5. The van der Waals surface area contributed by atoms with Crippen molar-refractivity contribution in [2.75, 3.05) is 66.0 Å². The number of nitrogens with zero attached hydrogens (tertiary/aromatic N) is 4. The summed E-state index contributed by atoms with van der Waals surface area (Å²) in [6.45, 7) is 12.6. The molecule has 0 bridgehead atoms. The van der Waals surface area contributed by atoms with Gasteiger partial charge in [-0.2, -0.15) is 0 Å². The number of carbonyl (C=O) groups excluding carboxylic acids is 2. The molecule has 8 heteroatoms. The molecule has 2 saturated heterocycles. The number of rotatable bonds is 6. The van der Waals surface area contributed by atoms with E-state index in [-0.39, 0.29) is 11.8 Å². The number of hydrogen-bond acceptors (Lipinski definition) is 4. The summed E-state index contributed by atoms with van der Waals surface area (Å²) >= 11 is 0. The lowest BCUT2D eigenvalue weighted by molar-refractivity contribution is -0.133. The van der Waals surface area contributed by atoms with Gasteiger partial charge in [0.05, 0.1) is 12.0 Å². The second kappa shape index (κ2) is 10.6. The van der Waals surface area contributed by atoms with Gasteiger partial charge in [0, 0.05) is 59.4 Å². The first kappa shape index (κ1) is 22.5. The van der Waals surface area contributed by atoms with E-state index in [9.17, 15) is 9.59 Å². The van der Waals surface area contributed by atoms with Gasteiger partial charge in [0.2, 0.25) is 11.8 Å². The smallest absolute Gasteiger partial charge is 0.236 e. The maximum Gasteiger partial charge on any atom is 0.236 e. The number of hydrogen-bond donors (Lipinski definition) is 2. The predicted molar refractivity (Wildman–Crippen MR) is 112 cm³/mol. The van der Waals surface area contributed by atoms with Crippen LogP contribution in [0.15, 0.2) is 4.99 Å². The third-order valence-electron chi connectivity index (χ3n) is 5.59. The Morgan fingerprint density at radius 3 is 2.14 bits per heavy atom. The molecule has 0 aromatic carbocycles. The van der Waals surface area contributed by atoms with Crippen LogP contribution in [0, 0.1) is 5.41 Å². The van der Waals surface area contributed by atoms with E-state index < -0.39 is 5.41 Å². The van der Waals surface area contributed by atoms with E-state index >= 15 is 0 Å². The molecular formula is C20H38N6O2. The van der Waals surface area contributed by atoms with E-state index in [1.807, 2.05) is 25.7 Å². The Hall–Kier alpha value is -1.83. The van der Waals surface area contributed by atoms with Crippen LogP contribution in [0.1, 0.15) is 40.0 Å². The quantitative estimate of drug-likeness (QED) is 0.502. The Labute approximate surface area is 169 Å². The van der Waals surface area contributed by atoms with Crippen LogP contribution in [0.5, 0.6) is 0 Å². The first-order valence-electron chi connectivity index (χ1n) is 10.6. The monoisotopic (exact) mass is 394 g/mol. The second-order valence-electron chi connectivity index (χ2n) is 8.35. The van der Waals surface area contributed by atoms with Crippen molar-refractivity contribution >= 4 is 17.8 Å². The lowest BCUT2D eigenvalue weighted by Gasteiger charge is -2.38. The summed E-state index contributed by atoms with van der Waals surface area (Å²) in [5.74, 6) is 1.12. The van der Waals surface area contributed by atoms with Crippen molar-refractivity contribution in [2.45, 2.75) is 40.0 Å². The highest BCUT2D eigenvalue weighted by Crippen LogP contribution is 2.14. The van der Waals surface area contributed by atoms with Crippen LogP contribution >= 0.6 is 0 Å². The second-order valence-corrected chi connectivity index (χ2v) is 8.35. The van der Waals surface area contributed by atoms with Gasteiger partial charge in [0.25, 0.3) is 0 Å². The van der Waals surface area contributed by atoms with Gasteiger partial charge in [-0.15, -0.1) is 0 Å². The number of amides is 2. The molecule has 0 spiro atoms. The van der Waals surface area contributed by atoms with E-state index in [2.05, 4.69) is 25.4 Å². The zero-order valence-electron chi connectivity index (χ0n) is 18.1. The molecule has 2 N–H and O–H groups in total. The van der Waals surface area contributed by atoms with Crippen molar-refractivity contribution in [3.63, 3.8) is 0 Å². The fourth-order valence-electron chi connectivity index (χ4n) is 3.66. The Balaban J connectivity index is 1.77. The first-order valence-corrected chi connectivity index (χ1v) is 10.6. The van der Waals surface area contributed by atoms with Crippen LogP contribution < -0.4 is 10.6 Å². The summed E-state index contributed by atoms with van der Waals surface area (Å²) in [7, 11) is 1.77. The number of nitrogens with one attached hydrogen (secondary N) is 2. The maximum atomic E-state index is 12.5. The van der Waals surface area contributed by atoms with E-state index in [1.165, 1.54) is 6.42 Å². The lowest BCUT2D eigenvalue weighted by atomic mass is 9.92. The highest BCUT2D eigenvalue weighted by molar-refractivity contribution is 5.84. The normalized spacial score (nSPS) is 19.5. The van der Waals surface area contributed by atoms with Gasteiger partial charge in [0.1, 0.15) is 0 Å². The minimum atomic E-state index is -0.505. The van der Waals surface area contributed by atoms with Gasteiger partial charge >= 0.3 is 0 Å². The Kier molecular flexibility index (Phi) is 8.54. The van der Waals surface area contributed by atoms with Gasteiger partial charge in [-0.1, -0.05) is 0 Å². The predicted octanol–water partition coefficient (Wildman–Crippen LogP) is 0.354. The van der Waals surface area contributed by atoms with Crippen molar-refractivity contribution in [2.24, 2.45) is 10.4 Å². The molecule has 28 heavy (non-hydrogen) atoms. The molecule has 8 nitrogen and oxygen atoms in total. The molecule has 2 heterocycles. The molecule has 0 aliphatic carbocycles. The molecular weight excluding hydrogens is 356 g/mol. The van der Waals surface area contributed by atoms with Crippen molar-refractivity contribution < 1.29 is 9.59 Å². The van der Waals surface area contributed by atoms with E-state index in [0.29, 0.717) is 19.6 Å². The SMILES string of the molecule is CCNC(=O)C(C)(C)CNC(=NC)N1CCN(CC(=O)N2CCCCC2)CC1. The summed E-state index contributed by atoms with van der Waals surface area (Å²) in [5, 5.41) is 6.23. The topological polar surface area (TPSA) is 80.3 Å². The van der Waals surface area contributed by atoms with Crippen LogP contribution in [0.2, 0.25) is 0 Å². The fraction of sp³-hybridized carbons (Fsp3) is 0.850. The Morgan fingerprint density at radius 2 is 1.57 bits per heavy atom. The molecule has 2 aliphatic rings. The highest BCUT2D eigenvalue weighted by atomic mass is 16.2. The summed E-state index contributed by atoms with van der Waals surface area (Å²) in [6, 6.07) is 0. The van der Waals surface area contributed by atoms with Gasteiger partial charge < -0.3 is 20.4 Å². The van der Waals surface area contributed by atoms with Crippen LogP contribution in [0.3, 0.4) is 0 Å². The third-order valence-corrected chi connectivity index (χ3v) is 5.59. The van der Waals surface area contributed by atoms with Gasteiger partial charge in [0.15, 0.2) is 5.96 Å². The summed E-state index contributed by atoms with van der Waals surface area (Å²) in [4.78, 5) is 35.5. The first-order chi connectivity index (χ1) is 13.4. The zero-order chi connectivity index (χ0) is 20.6. The molecule has 2 amide bonds. The van der Waals surface area contributed by atoms with E-state index in [0.717, 1.165) is 58.1 Å². The van der Waals surface area contributed by atoms with Crippen LogP contribution in [0.25, 0.3) is 0 Å². The standard InChI is InChI=1S/C20H38N6O2/c1-5-22-18(28)20(2,3)16-23-19(21-4)26-13-11-24(12-14-26)15-17(27)25-9-7-6-8-10-25/h5-16H2,1-4H3,(H,21,23)(H,22,28). The molecule has 0 unspecified atom stereocenters. The summed E-state index contributed by atoms with van der Waals surface area (Å²) < 4.78 is 0. The average Bonchev–Trinajstić information content (AvgIpc) is 2.70. The van der Waals surface area contributed by atoms with Gasteiger partial charge in [-0.05, 0) is 40.0 Å². The van der Waals surface area contributed by atoms with Crippen LogP contribution in [-0.4, -0.2) is 98.4 Å². The minimum absolute atomic E-state index is 0.0407. The summed E-state index contributed by atoms with van der Waals surface area (Å²) in [6.07, 6.45) is 3.51. The molecule has 0 saturated carbocycles. The zero-order valence-corrected chi connectivity index (χ0v) is 18.1. The molecule has 2 aliphatic heterocycles. The third kappa shape index (κ3) is 6.36. The lowest BCUT2D eigenvalue weighted by Crippen LogP contribution is -2.56. The molecule has 0 atom stereocenters. The minimum Gasteiger partial charge on any atom is -0.356 e. The number of carbonyl (C=O) groups is 2.